The quantitative estimate of drug-likeness (QED) is 0.903. The molecular formula is C18H22N2O3S. The molecular weight excluding hydrogens is 324 g/mol. The highest BCUT2D eigenvalue weighted by Crippen LogP contribution is 2.22. The van der Waals surface area contributed by atoms with Crippen LogP contribution in [0.3, 0.4) is 0 Å². The van der Waals surface area contributed by atoms with Gasteiger partial charge in [-0.3, -0.25) is 9.52 Å². The number of rotatable bonds is 5. The molecule has 0 saturated heterocycles. The molecule has 0 spiro atoms. The maximum atomic E-state index is 12.6. The minimum Gasteiger partial charge on any atom is -0.345 e. The van der Waals surface area contributed by atoms with Gasteiger partial charge in [0.2, 0.25) is 0 Å². The minimum absolute atomic E-state index is 0.0603. The average Bonchev–Trinajstić information content (AvgIpc) is 2.54. The topological polar surface area (TPSA) is 66.5 Å². The molecule has 0 heterocycles. The highest BCUT2D eigenvalue weighted by atomic mass is 32.2. The lowest BCUT2D eigenvalue weighted by Gasteiger charge is -2.13. The van der Waals surface area contributed by atoms with Crippen molar-refractivity contribution >= 4 is 21.6 Å². The Kier molecular flexibility index (Phi) is 5.29. The Hall–Kier alpha value is -2.34. The summed E-state index contributed by atoms with van der Waals surface area (Å²) in [4.78, 5) is 13.5. The Bertz CT molecular complexity index is 843. The lowest BCUT2D eigenvalue weighted by atomic mass is 10.0. The Balaban J connectivity index is 2.33. The number of carbonyl (C=O) groups is 1. The van der Waals surface area contributed by atoms with Crippen LogP contribution in [0, 0.1) is 0 Å². The summed E-state index contributed by atoms with van der Waals surface area (Å²) in [6, 6.07) is 13.3. The van der Waals surface area contributed by atoms with Crippen molar-refractivity contribution in [1.82, 2.24) is 4.90 Å². The lowest BCUT2D eigenvalue weighted by molar-refractivity contribution is 0.0827. The van der Waals surface area contributed by atoms with Crippen LogP contribution in [0.1, 0.15) is 35.7 Å². The van der Waals surface area contributed by atoms with Crippen LogP contribution in [0.4, 0.5) is 5.69 Å². The third kappa shape index (κ3) is 4.14. The summed E-state index contributed by atoms with van der Waals surface area (Å²) in [7, 11) is -0.510. The standard InChI is InChI=1S/C18H22N2O3S/c1-13(2)14-7-5-9-16(11-14)19-24(22,23)17-10-6-8-15(12-17)18(21)20(3)4/h5-13,19H,1-4H3. The molecule has 128 valence electrons. The minimum atomic E-state index is -3.76. The number of hydrogen-bond donors (Lipinski definition) is 1. The molecule has 0 aliphatic heterocycles. The van der Waals surface area contributed by atoms with Crippen molar-refractivity contribution in [3.8, 4) is 0 Å². The summed E-state index contributed by atoms with van der Waals surface area (Å²) in [5.41, 5.74) is 1.89. The molecule has 5 nitrogen and oxygen atoms in total. The first-order valence-electron chi connectivity index (χ1n) is 7.65. The number of nitrogens with one attached hydrogen (secondary N) is 1. The van der Waals surface area contributed by atoms with Gasteiger partial charge in [0.05, 0.1) is 4.90 Å². The fourth-order valence-corrected chi connectivity index (χ4v) is 3.32. The summed E-state index contributed by atoms with van der Waals surface area (Å²) >= 11 is 0. The number of nitrogens with zero attached hydrogens (tertiary/aromatic N) is 1. The number of benzene rings is 2. The van der Waals surface area contributed by atoms with Gasteiger partial charge in [0.1, 0.15) is 0 Å². The first kappa shape index (κ1) is 18.0. The van der Waals surface area contributed by atoms with Gasteiger partial charge in [-0.2, -0.15) is 0 Å². The molecule has 0 saturated carbocycles. The normalized spacial score (nSPS) is 11.4. The smallest absolute Gasteiger partial charge is 0.261 e. The Labute approximate surface area is 143 Å². The van der Waals surface area contributed by atoms with Gasteiger partial charge < -0.3 is 4.90 Å². The van der Waals surface area contributed by atoms with E-state index >= 15 is 0 Å². The molecule has 0 unspecified atom stereocenters. The van der Waals surface area contributed by atoms with Crippen molar-refractivity contribution in [2.75, 3.05) is 18.8 Å². The van der Waals surface area contributed by atoms with E-state index < -0.39 is 10.0 Å². The summed E-state index contributed by atoms with van der Waals surface area (Å²) in [5, 5.41) is 0. The lowest BCUT2D eigenvalue weighted by Crippen LogP contribution is -2.22. The summed E-state index contributed by atoms with van der Waals surface area (Å²) in [6.07, 6.45) is 0. The molecule has 0 aromatic heterocycles. The molecule has 0 fully saturated rings. The van der Waals surface area contributed by atoms with Crippen LogP contribution in [-0.2, 0) is 10.0 Å². The Morgan fingerprint density at radius 1 is 1.04 bits per heavy atom. The molecule has 24 heavy (non-hydrogen) atoms. The van der Waals surface area contributed by atoms with Crippen molar-refractivity contribution in [3.63, 3.8) is 0 Å². The molecule has 0 bridgehead atoms. The average molecular weight is 346 g/mol. The Morgan fingerprint density at radius 2 is 1.71 bits per heavy atom. The van der Waals surface area contributed by atoms with Crippen LogP contribution < -0.4 is 4.72 Å². The summed E-state index contributed by atoms with van der Waals surface area (Å²) in [5.74, 6) is 0.0596. The molecule has 1 amide bonds. The van der Waals surface area contributed by atoms with Gasteiger partial charge in [-0.25, -0.2) is 8.42 Å². The van der Waals surface area contributed by atoms with E-state index in [9.17, 15) is 13.2 Å². The van der Waals surface area contributed by atoms with E-state index in [0.717, 1.165) is 5.56 Å². The zero-order chi connectivity index (χ0) is 17.9. The van der Waals surface area contributed by atoms with Crippen LogP contribution >= 0.6 is 0 Å². The largest absolute Gasteiger partial charge is 0.345 e. The van der Waals surface area contributed by atoms with E-state index in [-0.39, 0.29) is 10.8 Å². The maximum Gasteiger partial charge on any atom is 0.261 e. The SMILES string of the molecule is CC(C)c1cccc(NS(=O)(=O)c2cccc(C(=O)N(C)C)c2)c1. The van der Waals surface area contributed by atoms with E-state index in [1.165, 1.54) is 17.0 Å². The summed E-state index contributed by atoms with van der Waals surface area (Å²) in [6.45, 7) is 4.09. The molecule has 1 N–H and O–H groups in total. The number of amides is 1. The van der Waals surface area contributed by atoms with Crippen molar-refractivity contribution in [2.45, 2.75) is 24.7 Å². The number of carbonyl (C=O) groups excluding carboxylic acids is 1. The van der Waals surface area contributed by atoms with Crippen molar-refractivity contribution in [1.29, 1.82) is 0 Å². The number of hydrogen-bond acceptors (Lipinski definition) is 3. The van der Waals surface area contributed by atoms with E-state index in [1.807, 2.05) is 32.0 Å². The second-order valence-electron chi connectivity index (χ2n) is 6.11. The van der Waals surface area contributed by atoms with E-state index in [2.05, 4.69) is 4.72 Å². The van der Waals surface area contributed by atoms with Crippen LogP contribution in [0.15, 0.2) is 53.4 Å². The van der Waals surface area contributed by atoms with E-state index in [0.29, 0.717) is 17.2 Å². The third-order valence-corrected chi connectivity index (χ3v) is 4.98. The predicted molar refractivity (Wildman–Crippen MR) is 95.8 cm³/mol. The van der Waals surface area contributed by atoms with Gasteiger partial charge in [-0.15, -0.1) is 0 Å². The molecule has 6 heteroatoms. The van der Waals surface area contributed by atoms with Crippen molar-refractivity contribution in [2.24, 2.45) is 0 Å². The Morgan fingerprint density at radius 3 is 2.33 bits per heavy atom. The van der Waals surface area contributed by atoms with Crippen molar-refractivity contribution in [3.05, 3.63) is 59.7 Å². The number of sulfonamides is 1. The predicted octanol–water partition coefficient (Wildman–Crippen LogP) is 3.31. The summed E-state index contributed by atoms with van der Waals surface area (Å²) < 4.78 is 27.8. The highest BCUT2D eigenvalue weighted by Gasteiger charge is 2.17. The second kappa shape index (κ2) is 7.05. The monoisotopic (exact) mass is 346 g/mol. The van der Waals surface area contributed by atoms with Gasteiger partial charge in [-0.05, 0) is 41.8 Å². The zero-order valence-electron chi connectivity index (χ0n) is 14.3. The molecule has 0 aliphatic carbocycles. The maximum absolute atomic E-state index is 12.6. The van der Waals surface area contributed by atoms with Gasteiger partial charge >= 0.3 is 0 Å². The van der Waals surface area contributed by atoms with Gasteiger partial charge in [-0.1, -0.05) is 32.0 Å². The van der Waals surface area contributed by atoms with Gasteiger partial charge in [0.15, 0.2) is 0 Å². The van der Waals surface area contributed by atoms with Crippen LogP contribution in [0.5, 0.6) is 0 Å². The fraction of sp³-hybridized carbons (Fsp3) is 0.278. The second-order valence-corrected chi connectivity index (χ2v) is 7.80. The van der Waals surface area contributed by atoms with Crippen LogP contribution in [0.2, 0.25) is 0 Å². The first-order chi connectivity index (χ1) is 11.2. The molecule has 0 radical (unpaired) electrons. The third-order valence-electron chi connectivity index (χ3n) is 3.60. The molecule has 2 rings (SSSR count). The van der Waals surface area contributed by atoms with E-state index in [1.54, 1.807) is 32.3 Å². The first-order valence-corrected chi connectivity index (χ1v) is 9.13. The molecule has 2 aromatic rings. The zero-order valence-corrected chi connectivity index (χ0v) is 15.1. The van der Waals surface area contributed by atoms with Crippen LogP contribution in [-0.4, -0.2) is 33.3 Å². The molecule has 2 aromatic carbocycles. The molecule has 0 aliphatic rings. The molecule has 0 atom stereocenters. The van der Waals surface area contributed by atoms with Crippen molar-refractivity contribution < 1.29 is 13.2 Å². The highest BCUT2D eigenvalue weighted by molar-refractivity contribution is 7.92. The van der Waals surface area contributed by atoms with Gasteiger partial charge in [0.25, 0.3) is 15.9 Å². The van der Waals surface area contributed by atoms with Gasteiger partial charge in [0, 0.05) is 25.3 Å². The van der Waals surface area contributed by atoms with E-state index in [4.69, 9.17) is 0 Å². The number of anilines is 1. The van der Waals surface area contributed by atoms with Crippen LogP contribution in [0.25, 0.3) is 0 Å². The fourth-order valence-electron chi connectivity index (χ4n) is 2.23.